The summed E-state index contributed by atoms with van der Waals surface area (Å²) in [5.41, 5.74) is 0.688. The van der Waals surface area contributed by atoms with Crippen molar-refractivity contribution >= 4 is 5.69 Å². The number of benzene rings is 1. The van der Waals surface area contributed by atoms with Crippen LogP contribution in [0.2, 0.25) is 0 Å². The molecule has 2 aliphatic heterocycles. The van der Waals surface area contributed by atoms with Crippen LogP contribution in [0.4, 0.5) is 18.9 Å². The van der Waals surface area contributed by atoms with Crippen LogP contribution in [0.5, 0.6) is 5.75 Å². The molecule has 0 radical (unpaired) electrons. The van der Waals surface area contributed by atoms with Gasteiger partial charge in [0, 0.05) is 30.4 Å². The summed E-state index contributed by atoms with van der Waals surface area (Å²) >= 11 is 0. The maximum absolute atomic E-state index is 12.2. The second-order valence-electron chi connectivity index (χ2n) is 5.77. The summed E-state index contributed by atoms with van der Waals surface area (Å²) in [5.74, 6) is -0.175. The van der Waals surface area contributed by atoms with Gasteiger partial charge in [-0.2, -0.15) is 0 Å². The van der Waals surface area contributed by atoms with Gasteiger partial charge in [0.15, 0.2) is 0 Å². The van der Waals surface area contributed by atoms with Crippen LogP contribution in [0.25, 0.3) is 0 Å². The number of fused-ring (bicyclic) bond motifs is 1. The number of rotatable bonds is 3. The van der Waals surface area contributed by atoms with E-state index < -0.39 is 6.36 Å². The predicted molar refractivity (Wildman–Crippen MR) is 74.4 cm³/mol. The summed E-state index contributed by atoms with van der Waals surface area (Å²) in [7, 11) is 0. The molecule has 6 heteroatoms. The van der Waals surface area contributed by atoms with Crippen LogP contribution in [-0.4, -0.2) is 36.4 Å². The molecule has 0 aliphatic carbocycles. The first-order valence-electron chi connectivity index (χ1n) is 7.36. The number of nitrogens with one attached hydrogen (secondary N) is 1. The zero-order chi connectivity index (χ0) is 14.9. The molecule has 1 N–H and O–H groups in total. The van der Waals surface area contributed by atoms with Crippen LogP contribution in [0, 0.1) is 0 Å². The van der Waals surface area contributed by atoms with E-state index in [9.17, 15) is 13.2 Å². The molecule has 0 spiro atoms. The van der Waals surface area contributed by atoms with Gasteiger partial charge in [-0.25, -0.2) is 0 Å². The molecule has 2 atom stereocenters. The highest BCUT2D eigenvalue weighted by atomic mass is 19.4. The van der Waals surface area contributed by atoms with Gasteiger partial charge < -0.3 is 15.0 Å². The third kappa shape index (κ3) is 3.81. The van der Waals surface area contributed by atoms with Crippen molar-refractivity contribution in [2.75, 3.05) is 18.4 Å². The Morgan fingerprint density at radius 3 is 2.86 bits per heavy atom. The SMILES string of the molecule is FC(F)(F)Oc1cccc(NC2CCN3CCCC3C2)c1. The zero-order valence-corrected chi connectivity index (χ0v) is 11.7. The molecule has 0 bridgehead atoms. The highest BCUT2D eigenvalue weighted by Gasteiger charge is 2.32. The zero-order valence-electron chi connectivity index (χ0n) is 11.7. The lowest BCUT2D eigenvalue weighted by atomic mass is 9.97. The van der Waals surface area contributed by atoms with E-state index in [-0.39, 0.29) is 5.75 Å². The molecular weight excluding hydrogens is 281 g/mol. The fourth-order valence-electron chi connectivity index (χ4n) is 3.37. The average Bonchev–Trinajstić information content (AvgIpc) is 2.84. The van der Waals surface area contributed by atoms with Gasteiger partial charge in [0.05, 0.1) is 0 Å². The summed E-state index contributed by atoms with van der Waals surface area (Å²) in [6.45, 7) is 2.26. The van der Waals surface area contributed by atoms with Gasteiger partial charge in [0.2, 0.25) is 0 Å². The van der Waals surface area contributed by atoms with E-state index >= 15 is 0 Å². The fourth-order valence-corrected chi connectivity index (χ4v) is 3.37. The number of piperidine rings is 1. The van der Waals surface area contributed by atoms with Crippen molar-refractivity contribution in [2.45, 2.75) is 44.1 Å². The van der Waals surface area contributed by atoms with E-state index in [1.165, 1.54) is 31.5 Å². The minimum Gasteiger partial charge on any atom is -0.406 e. The van der Waals surface area contributed by atoms with Crippen LogP contribution >= 0.6 is 0 Å². The standard InChI is InChI=1S/C15H19F3N2O/c16-15(17,18)21-14-5-1-3-11(10-14)19-12-6-8-20-7-2-4-13(20)9-12/h1,3,5,10,12-13,19H,2,4,6-9H2. The second kappa shape index (κ2) is 5.75. The molecular formula is C15H19F3N2O. The van der Waals surface area contributed by atoms with E-state index in [0.29, 0.717) is 17.8 Å². The maximum atomic E-state index is 12.2. The highest BCUT2D eigenvalue weighted by Crippen LogP contribution is 2.30. The Morgan fingerprint density at radius 2 is 2.05 bits per heavy atom. The molecule has 1 aromatic rings. The predicted octanol–water partition coefficient (Wildman–Crippen LogP) is 3.62. The van der Waals surface area contributed by atoms with Crippen LogP contribution in [0.15, 0.2) is 24.3 Å². The molecule has 3 nitrogen and oxygen atoms in total. The normalized spacial score (nSPS) is 26.4. The lowest BCUT2D eigenvalue weighted by molar-refractivity contribution is -0.274. The highest BCUT2D eigenvalue weighted by molar-refractivity contribution is 5.49. The number of anilines is 1. The van der Waals surface area contributed by atoms with E-state index in [0.717, 1.165) is 19.4 Å². The van der Waals surface area contributed by atoms with Gasteiger partial charge in [-0.05, 0) is 44.4 Å². The Hall–Kier alpha value is -1.43. The summed E-state index contributed by atoms with van der Waals surface area (Å²) in [6, 6.07) is 7.04. The topological polar surface area (TPSA) is 24.5 Å². The number of hydrogen-bond acceptors (Lipinski definition) is 3. The summed E-state index contributed by atoms with van der Waals surface area (Å²) < 4.78 is 40.6. The minimum atomic E-state index is -4.65. The van der Waals surface area contributed by atoms with Crippen molar-refractivity contribution in [1.82, 2.24) is 4.90 Å². The number of ether oxygens (including phenoxy) is 1. The summed E-state index contributed by atoms with van der Waals surface area (Å²) in [4.78, 5) is 2.52. The Morgan fingerprint density at radius 1 is 1.19 bits per heavy atom. The van der Waals surface area contributed by atoms with Crippen molar-refractivity contribution in [1.29, 1.82) is 0 Å². The largest absolute Gasteiger partial charge is 0.573 e. The van der Waals surface area contributed by atoms with Gasteiger partial charge >= 0.3 is 6.36 Å². The van der Waals surface area contributed by atoms with Crippen molar-refractivity contribution in [3.05, 3.63) is 24.3 Å². The third-order valence-electron chi connectivity index (χ3n) is 4.26. The molecule has 1 aromatic carbocycles. The molecule has 2 saturated heterocycles. The minimum absolute atomic E-state index is 0.175. The fraction of sp³-hybridized carbons (Fsp3) is 0.600. The molecule has 0 saturated carbocycles. The molecule has 0 aromatic heterocycles. The molecule has 2 aliphatic rings. The summed E-state index contributed by atoms with van der Waals surface area (Å²) in [6.07, 6.45) is -0.0687. The molecule has 2 fully saturated rings. The first-order chi connectivity index (χ1) is 9.99. The number of hydrogen-bond donors (Lipinski definition) is 1. The Kier molecular flexibility index (Phi) is 3.97. The smallest absolute Gasteiger partial charge is 0.406 e. The van der Waals surface area contributed by atoms with Gasteiger partial charge in [0.25, 0.3) is 0 Å². The van der Waals surface area contributed by atoms with E-state index in [4.69, 9.17) is 0 Å². The Balaban J connectivity index is 1.61. The quantitative estimate of drug-likeness (QED) is 0.922. The molecule has 116 valence electrons. The number of nitrogens with zero attached hydrogens (tertiary/aromatic N) is 1. The van der Waals surface area contributed by atoms with E-state index in [1.54, 1.807) is 12.1 Å². The first kappa shape index (κ1) is 14.5. The van der Waals surface area contributed by atoms with Crippen LogP contribution < -0.4 is 10.1 Å². The van der Waals surface area contributed by atoms with Crippen molar-refractivity contribution in [2.24, 2.45) is 0 Å². The molecule has 0 amide bonds. The van der Waals surface area contributed by atoms with Crippen molar-refractivity contribution in [3.63, 3.8) is 0 Å². The second-order valence-corrected chi connectivity index (χ2v) is 5.77. The van der Waals surface area contributed by atoms with Crippen molar-refractivity contribution in [3.8, 4) is 5.75 Å². The van der Waals surface area contributed by atoms with E-state index in [2.05, 4.69) is 15.0 Å². The first-order valence-corrected chi connectivity index (χ1v) is 7.36. The third-order valence-corrected chi connectivity index (χ3v) is 4.26. The lowest BCUT2D eigenvalue weighted by Crippen LogP contribution is -2.42. The average molecular weight is 300 g/mol. The van der Waals surface area contributed by atoms with Crippen LogP contribution in [-0.2, 0) is 0 Å². The van der Waals surface area contributed by atoms with Crippen LogP contribution in [0.1, 0.15) is 25.7 Å². The Bertz CT molecular complexity index is 492. The molecule has 21 heavy (non-hydrogen) atoms. The molecule has 2 unspecified atom stereocenters. The van der Waals surface area contributed by atoms with Gasteiger partial charge in [-0.15, -0.1) is 13.2 Å². The van der Waals surface area contributed by atoms with Crippen LogP contribution in [0.3, 0.4) is 0 Å². The van der Waals surface area contributed by atoms with Crippen molar-refractivity contribution < 1.29 is 17.9 Å². The Labute approximate surface area is 122 Å². The monoisotopic (exact) mass is 300 g/mol. The number of alkyl halides is 3. The van der Waals surface area contributed by atoms with Gasteiger partial charge in [-0.3, -0.25) is 0 Å². The van der Waals surface area contributed by atoms with Gasteiger partial charge in [0.1, 0.15) is 5.75 Å². The molecule has 3 rings (SSSR count). The summed E-state index contributed by atoms with van der Waals surface area (Å²) in [5, 5.41) is 3.35. The number of halogens is 3. The lowest BCUT2D eigenvalue weighted by Gasteiger charge is -2.35. The maximum Gasteiger partial charge on any atom is 0.573 e. The van der Waals surface area contributed by atoms with E-state index in [1.807, 2.05) is 0 Å². The molecule has 2 heterocycles. The van der Waals surface area contributed by atoms with Gasteiger partial charge in [-0.1, -0.05) is 6.07 Å².